The average molecular weight is 389 g/mol. The zero-order valence-corrected chi connectivity index (χ0v) is 16.1. The van der Waals surface area contributed by atoms with E-state index in [9.17, 15) is 5.11 Å². The molecule has 0 atom stereocenters. The number of H-pyrrole nitrogens is 1. The molecule has 29 heavy (non-hydrogen) atoms. The van der Waals surface area contributed by atoms with Gasteiger partial charge in [-0.3, -0.25) is 14.8 Å². The number of fused-ring (bicyclic) bond motifs is 2. The lowest BCUT2D eigenvalue weighted by Crippen LogP contribution is -2.16. The third-order valence-electron chi connectivity index (χ3n) is 4.63. The Balaban J connectivity index is 1.51. The Bertz CT molecular complexity index is 1340. The van der Waals surface area contributed by atoms with Gasteiger partial charge in [-0.1, -0.05) is 0 Å². The van der Waals surface area contributed by atoms with Crippen LogP contribution in [-0.4, -0.2) is 44.7 Å². The smallest absolute Gasteiger partial charge is 0.247 e. The summed E-state index contributed by atoms with van der Waals surface area (Å²) in [7, 11) is 1.86. The normalized spacial score (nSPS) is 12.1. The molecule has 5 rings (SSSR count). The number of aliphatic hydroxyl groups is 1. The lowest BCUT2D eigenvalue weighted by molar-refractivity contribution is 0.0753. The first-order valence-corrected chi connectivity index (χ1v) is 9.07. The van der Waals surface area contributed by atoms with Crippen molar-refractivity contribution in [3.8, 4) is 11.3 Å². The van der Waals surface area contributed by atoms with Gasteiger partial charge >= 0.3 is 0 Å². The van der Waals surface area contributed by atoms with Crippen LogP contribution in [0.2, 0.25) is 0 Å². The van der Waals surface area contributed by atoms with E-state index in [1.54, 1.807) is 41.6 Å². The maximum Gasteiger partial charge on any atom is 0.247 e. The van der Waals surface area contributed by atoms with E-state index in [2.05, 4.69) is 35.7 Å². The van der Waals surface area contributed by atoms with Gasteiger partial charge in [-0.25, -0.2) is 4.52 Å². The molecule has 0 aliphatic heterocycles. The van der Waals surface area contributed by atoms with Crippen LogP contribution >= 0.6 is 0 Å². The van der Waals surface area contributed by atoms with Crippen molar-refractivity contribution in [2.45, 2.75) is 19.4 Å². The minimum Gasteiger partial charge on any atom is -0.384 e. The molecule has 146 valence electrons. The molecule has 0 aliphatic carbocycles. The van der Waals surface area contributed by atoms with Crippen molar-refractivity contribution in [3.05, 3.63) is 48.7 Å². The first-order chi connectivity index (χ1) is 13.9. The number of hydrogen-bond donors (Lipinski definition) is 3. The number of rotatable bonds is 4. The highest BCUT2D eigenvalue weighted by molar-refractivity contribution is 5.86. The fourth-order valence-corrected chi connectivity index (χ4v) is 3.31. The lowest BCUT2D eigenvalue weighted by atomic mass is 10.0. The molecule has 3 N–H and O–H groups in total. The van der Waals surface area contributed by atoms with Gasteiger partial charge in [0.15, 0.2) is 5.65 Å². The van der Waals surface area contributed by atoms with Crippen LogP contribution in [0.3, 0.4) is 0 Å². The topological polar surface area (TPSA) is 122 Å². The Morgan fingerprint density at radius 2 is 2.10 bits per heavy atom. The summed E-state index contributed by atoms with van der Waals surface area (Å²) in [6.45, 7) is 3.42. The molecule has 0 unspecified atom stereocenters. The third-order valence-corrected chi connectivity index (χ3v) is 4.63. The number of benzene rings is 1. The molecule has 0 radical (unpaired) electrons. The van der Waals surface area contributed by atoms with Gasteiger partial charge in [0.05, 0.1) is 11.7 Å². The minimum atomic E-state index is -1.02. The highest BCUT2D eigenvalue weighted by Gasteiger charge is 2.22. The number of anilines is 2. The van der Waals surface area contributed by atoms with Gasteiger partial charge in [-0.05, 0) is 32.0 Å². The third kappa shape index (κ3) is 2.99. The molecule has 0 aliphatic rings. The standard InChI is InChI=1S/C19H19N9O/c1-19(2,29)16-13-5-4-12(8-14(13)24-25-16)22-18-23-17-15(11-9-21-27(3)10-11)20-6-7-28(17)26-18/h4-10,29H,1-3H3,(H,22,26)(H,24,25). The number of aryl methyl sites for hydroxylation is 1. The van der Waals surface area contributed by atoms with E-state index >= 15 is 0 Å². The summed E-state index contributed by atoms with van der Waals surface area (Å²) in [4.78, 5) is 9.03. The molecule has 10 heteroatoms. The Morgan fingerprint density at radius 3 is 2.86 bits per heavy atom. The maximum absolute atomic E-state index is 10.2. The summed E-state index contributed by atoms with van der Waals surface area (Å²) < 4.78 is 3.40. The molecule has 0 saturated carbocycles. The highest BCUT2D eigenvalue weighted by atomic mass is 16.3. The first-order valence-electron chi connectivity index (χ1n) is 9.07. The highest BCUT2D eigenvalue weighted by Crippen LogP contribution is 2.29. The molecule has 4 aromatic heterocycles. The van der Waals surface area contributed by atoms with E-state index in [0.717, 1.165) is 22.2 Å². The average Bonchev–Trinajstić information content (AvgIpc) is 3.37. The van der Waals surface area contributed by atoms with E-state index in [-0.39, 0.29) is 0 Å². The van der Waals surface area contributed by atoms with Crippen molar-refractivity contribution in [1.29, 1.82) is 0 Å². The fourth-order valence-electron chi connectivity index (χ4n) is 3.31. The van der Waals surface area contributed by atoms with Crippen LogP contribution in [0.4, 0.5) is 11.6 Å². The van der Waals surface area contributed by atoms with Gasteiger partial charge in [-0.15, -0.1) is 5.10 Å². The first kappa shape index (κ1) is 17.3. The number of aromatic nitrogens is 8. The van der Waals surface area contributed by atoms with E-state index in [4.69, 9.17) is 0 Å². The quantitative estimate of drug-likeness (QED) is 0.431. The molecule has 0 fully saturated rings. The van der Waals surface area contributed by atoms with Gasteiger partial charge in [0.25, 0.3) is 0 Å². The number of nitrogens with one attached hydrogen (secondary N) is 2. The van der Waals surface area contributed by atoms with Gasteiger partial charge < -0.3 is 10.4 Å². The van der Waals surface area contributed by atoms with Crippen LogP contribution < -0.4 is 5.32 Å². The van der Waals surface area contributed by atoms with Gasteiger partial charge in [0.2, 0.25) is 5.95 Å². The van der Waals surface area contributed by atoms with Crippen LogP contribution in [0.25, 0.3) is 27.8 Å². The van der Waals surface area contributed by atoms with Crippen molar-refractivity contribution < 1.29 is 5.11 Å². The van der Waals surface area contributed by atoms with Crippen molar-refractivity contribution in [1.82, 2.24) is 39.6 Å². The van der Waals surface area contributed by atoms with E-state index in [0.29, 0.717) is 23.0 Å². The van der Waals surface area contributed by atoms with Crippen LogP contribution in [0, 0.1) is 0 Å². The summed E-state index contributed by atoms with van der Waals surface area (Å²) in [5.41, 5.74) is 3.41. The molecular formula is C19H19N9O. The van der Waals surface area contributed by atoms with E-state index < -0.39 is 5.60 Å². The molecule has 0 spiro atoms. The summed E-state index contributed by atoms with van der Waals surface area (Å²) in [6, 6.07) is 5.72. The molecular weight excluding hydrogens is 370 g/mol. The zero-order chi connectivity index (χ0) is 20.2. The predicted molar refractivity (Wildman–Crippen MR) is 108 cm³/mol. The fraction of sp³-hybridized carbons (Fsp3) is 0.211. The molecule has 5 aromatic rings. The number of hydrogen-bond acceptors (Lipinski definition) is 7. The Labute approximate surface area is 165 Å². The van der Waals surface area contributed by atoms with Crippen LogP contribution in [0.15, 0.2) is 43.0 Å². The van der Waals surface area contributed by atoms with Crippen molar-refractivity contribution in [2.24, 2.45) is 7.05 Å². The molecule has 0 bridgehead atoms. The summed E-state index contributed by atoms with van der Waals surface area (Å²) in [5.74, 6) is 0.449. The molecule has 4 heterocycles. The summed E-state index contributed by atoms with van der Waals surface area (Å²) in [5, 5.41) is 30.2. The summed E-state index contributed by atoms with van der Waals surface area (Å²) in [6.07, 6.45) is 7.07. The molecule has 1 aromatic carbocycles. The second-order valence-corrected chi connectivity index (χ2v) is 7.40. The Hall–Kier alpha value is -3.79. The molecule has 0 saturated heterocycles. The van der Waals surface area contributed by atoms with Gasteiger partial charge in [-0.2, -0.15) is 15.2 Å². The molecule has 10 nitrogen and oxygen atoms in total. The lowest BCUT2D eigenvalue weighted by Gasteiger charge is -2.14. The number of aromatic amines is 1. The predicted octanol–water partition coefficient (Wildman–Crippen LogP) is 2.37. The number of nitrogens with zero attached hydrogens (tertiary/aromatic N) is 7. The van der Waals surface area contributed by atoms with Gasteiger partial charge in [0, 0.05) is 42.3 Å². The zero-order valence-electron chi connectivity index (χ0n) is 16.1. The van der Waals surface area contributed by atoms with Crippen molar-refractivity contribution in [2.75, 3.05) is 5.32 Å². The van der Waals surface area contributed by atoms with E-state index in [1.165, 1.54) is 0 Å². The monoisotopic (exact) mass is 389 g/mol. The molecule has 0 amide bonds. The van der Waals surface area contributed by atoms with Crippen LogP contribution in [-0.2, 0) is 12.6 Å². The largest absolute Gasteiger partial charge is 0.384 e. The second-order valence-electron chi connectivity index (χ2n) is 7.40. The van der Waals surface area contributed by atoms with Crippen molar-refractivity contribution >= 4 is 28.2 Å². The Kier molecular flexibility index (Phi) is 3.65. The second kappa shape index (κ2) is 6.11. The van der Waals surface area contributed by atoms with Gasteiger partial charge in [0.1, 0.15) is 17.0 Å². The minimum absolute atomic E-state index is 0.449. The summed E-state index contributed by atoms with van der Waals surface area (Å²) >= 11 is 0. The SMILES string of the molecule is Cn1cc(-c2nccn3nc(Nc4ccc5c(C(C)(C)O)n[nH]c5c4)nc23)cn1. The van der Waals surface area contributed by atoms with Crippen LogP contribution in [0.5, 0.6) is 0 Å². The maximum atomic E-state index is 10.2. The van der Waals surface area contributed by atoms with Crippen LogP contribution in [0.1, 0.15) is 19.5 Å². The van der Waals surface area contributed by atoms with Crippen molar-refractivity contribution in [3.63, 3.8) is 0 Å². The van der Waals surface area contributed by atoms with E-state index in [1.807, 2.05) is 31.4 Å². The Morgan fingerprint density at radius 1 is 1.24 bits per heavy atom.